The van der Waals surface area contributed by atoms with Crippen molar-refractivity contribution in [2.45, 2.75) is 25.8 Å². The number of amides is 1. The van der Waals surface area contributed by atoms with E-state index in [-0.39, 0.29) is 11.8 Å². The van der Waals surface area contributed by atoms with Crippen molar-refractivity contribution in [3.05, 3.63) is 35.7 Å². The number of benzene rings is 1. The van der Waals surface area contributed by atoms with Crippen molar-refractivity contribution < 1.29 is 9.32 Å². The van der Waals surface area contributed by atoms with Crippen LogP contribution in [0.4, 0.5) is 0 Å². The first-order valence-electron chi connectivity index (χ1n) is 7.12. The summed E-state index contributed by atoms with van der Waals surface area (Å²) in [6.07, 6.45) is 0.446. The molecule has 1 aliphatic rings. The number of nitrogens with zero attached hydrogens (tertiary/aromatic N) is 3. The molecular formula is C15H18N4O2. The van der Waals surface area contributed by atoms with E-state index in [1.807, 2.05) is 36.1 Å². The summed E-state index contributed by atoms with van der Waals surface area (Å²) in [7, 11) is 0. The molecular weight excluding hydrogens is 268 g/mol. The number of nitrogens with two attached hydrogens (primary N) is 1. The fourth-order valence-electron chi connectivity index (χ4n) is 2.55. The highest BCUT2D eigenvalue weighted by molar-refractivity contribution is 5.79. The number of likely N-dealkylation sites (tertiary alicyclic amines) is 1. The van der Waals surface area contributed by atoms with Crippen LogP contribution in [0.15, 0.2) is 28.8 Å². The van der Waals surface area contributed by atoms with E-state index in [4.69, 9.17) is 10.3 Å². The monoisotopic (exact) mass is 286 g/mol. The Morgan fingerprint density at radius 1 is 1.38 bits per heavy atom. The van der Waals surface area contributed by atoms with E-state index < -0.39 is 0 Å². The van der Waals surface area contributed by atoms with Gasteiger partial charge in [0.1, 0.15) is 0 Å². The Morgan fingerprint density at radius 2 is 2.14 bits per heavy atom. The largest absolute Gasteiger partial charge is 0.342 e. The average Bonchev–Trinajstić information content (AvgIpc) is 3.13. The molecule has 1 fully saturated rings. The van der Waals surface area contributed by atoms with Crippen LogP contribution in [0.2, 0.25) is 0 Å². The molecule has 21 heavy (non-hydrogen) atoms. The number of hydrogen-bond donors (Lipinski definition) is 1. The third-order valence-corrected chi connectivity index (χ3v) is 3.84. The van der Waals surface area contributed by atoms with Gasteiger partial charge in [0.15, 0.2) is 0 Å². The molecule has 1 amide bonds. The van der Waals surface area contributed by atoms with Crippen LogP contribution in [0, 0.1) is 0 Å². The van der Waals surface area contributed by atoms with E-state index >= 15 is 0 Å². The Kier molecular flexibility index (Phi) is 3.70. The summed E-state index contributed by atoms with van der Waals surface area (Å²) >= 11 is 0. The molecule has 1 aromatic heterocycles. The third-order valence-electron chi connectivity index (χ3n) is 3.84. The van der Waals surface area contributed by atoms with Crippen molar-refractivity contribution in [2.24, 2.45) is 5.73 Å². The molecule has 110 valence electrons. The molecule has 3 rings (SSSR count). The Labute approximate surface area is 122 Å². The quantitative estimate of drug-likeness (QED) is 0.921. The molecule has 1 aliphatic heterocycles. The third kappa shape index (κ3) is 2.67. The van der Waals surface area contributed by atoms with E-state index in [2.05, 4.69) is 10.1 Å². The van der Waals surface area contributed by atoms with Crippen LogP contribution in [0.5, 0.6) is 0 Å². The maximum Gasteiger partial charge on any atom is 0.232 e. The molecule has 0 saturated carbocycles. The molecule has 1 unspecified atom stereocenters. The fourth-order valence-corrected chi connectivity index (χ4v) is 2.55. The van der Waals surface area contributed by atoms with Gasteiger partial charge in [0.25, 0.3) is 0 Å². The molecule has 0 aliphatic carbocycles. The van der Waals surface area contributed by atoms with Gasteiger partial charge in [0.05, 0.1) is 5.92 Å². The van der Waals surface area contributed by atoms with Crippen molar-refractivity contribution in [3.63, 3.8) is 0 Å². The van der Waals surface area contributed by atoms with Crippen molar-refractivity contribution in [1.82, 2.24) is 15.0 Å². The summed E-state index contributed by atoms with van der Waals surface area (Å²) in [5, 5.41) is 4.02. The highest BCUT2D eigenvalue weighted by atomic mass is 16.5. The minimum absolute atomic E-state index is 0.00187. The second-order valence-corrected chi connectivity index (χ2v) is 5.19. The lowest BCUT2D eigenvalue weighted by Gasteiger charge is -2.11. The van der Waals surface area contributed by atoms with Gasteiger partial charge in [-0.25, -0.2) is 0 Å². The Hall–Kier alpha value is -2.21. The molecule has 2 heterocycles. The van der Waals surface area contributed by atoms with Gasteiger partial charge >= 0.3 is 0 Å². The summed E-state index contributed by atoms with van der Waals surface area (Å²) < 4.78 is 5.34. The number of aromatic nitrogens is 2. The van der Waals surface area contributed by atoms with Crippen LogP contribution >= 0.6 is 0 Å². The van der Waals surface area contributed by atoms with Crippen LogP contribution in [-0.2, 0) is 11.3 Å². The zero-order chi connectivity index (χ0) is 14.8. The predicted molar refractivity (Wildman–Crippen MR) is 77.2 cm³/mol. The van der Waals surface area contributed by atoms with E-state index in [1.165, 1.54) is 0 Å². The van der Waals surface area contributed by atoms with Crippen molar-refractivity contribution in [3.8, 4) is 11.4 Å². The molecule has 1 aromatic carbocycles. The lowest BCUT2D eigenvalue weighted by atomic mass is 10.1. The van der Waals surface area contributed by atoms with E-state index in [9.17, 15) is 4.79 Å². The van der Waals surface area contributed by atoms with Crippen molar-refractivity contribution >= 4 is 5.91 Å². The number of rotatable bonds is 4. The molecule has 1 atom stereocenters. The summed E-state index contributed by atoms with van der Waals surface area (Å²) in [6.45, 7) is 3.85. The number of carbonyl (C=O) groups is 1. The zero-order valence-corrected chi connectivity index (χ0v) is 12.0. The normalized spacial score (nSPS) is 18.5. The first kappa shape index (κ1) is 13.8. The summed E-state index contributed by atoms with van der Waals surface area (Å²) in [4.78, 5) is 18.0. The standard InChI is InChI=1S/C15H18N4O2/c1-2-19-9-12(7-13(19)20)15-17-14(18-21-15)11-5-3-10(8-16)4-6-11/h3-6,12H,2,7-9,16H2,1H3. The molecule has 0 radical (unpaired) electrons. The molecule has 0 spiro atoms. The smallest absolute Gasteiger partial charge is 0.232 e. The average molecular weight is 286 g/mol. The molecule has 0 bridgehead atoms. The molecule has 2 N–H and O–H groups in total. The molecule has 6 heteroatoms. The van der Waals surface area contributed by atoms with Gasteiger partial charge in [0.2, 0.25) is 17.6 Å². The number of carbonyl (C=O) groups excluding carboxylic acids is 1. The van der Waals surface area contributed by atoms with E-state index in [0.29, 0.717) is 31.2 Å². The SMILES string of the molecule is CCN1CC(c2nc(-c3ccc(CN)cc3)no2)CC1=O. The van der Waals surface area contributed by atoms with Gasteiger partial charge in [-0.2, -0.15) is 4.98 Å². The summed E-state index contributed by atoms with van der Waals surface area (Å²) in [5.74, 6) is 1.24. The van der Waals surface area contributed by atoms with Gasteiger partial charge in [0, 0.05) is 31.6 Å². The highest BCUT2D eigenvalue weighted by Crippen LogP contribution is 2.28. The zero-order valence-electron chi connectivity index (χ0n) is 12.0. The molecule has 2 aromatic rings. The fraction of sp³-hybridized carbons (Fsp3) is 0.400. The topological polar surface area (TPSA) is 85.2 Å². The van der Waals surface area contributed by atoms with Gasteiger partial charge < -0.3 is 15.2 Å². The number of hydrogen-bond acceptors (Lipinski definition) is 5. The molecule has 6 nitrogen and oxygen atoms in total. The Balaban J connectivity index is 1.78. The second-order valence-electron chi connectivity index (χ2n) is 5.19. The van der Waals surface area contributed by atoms with E-state index in [1.54, 1.807) is 0 Å². The minimum Gasteiger partial charge on any atom is -0.342 e. The minimum atomic E-state index is 0.00187. The van der Waals surface area contributed by atoms with Crippen LogP contribution < -0.4 is 5.73 Å². The lowest BCUT2D eigenvalue weighted by Crippen LogP contribution is -2.24. The summed E-state index contributed by atoms with van der Waals surface area (Å²) in [6, 6.07) is 7.75. The lowest BCUT2D eigenvalue weighted by molar-refractivity contribution is -0.127. The van der Waals surface area contributed by atoms with Gasteiger partial charge in [-0.1, -0.05) is 29.4 Å². The van der Waals surface area contributed by atoms with Gasteiger partial charge in [-0.15, -0.1) is 0 Å². The Morgan fingerprint density at radius 3 is 2.76 bits per heavy atom. The van der Waals surface area contributed by atoms with Crippen LogP contribution in [-0.4, -0.2) is 34.0 Å². The first-order chi connectivity index (χ1) is 10.2. The first-order valence-corrected chi connectivity index (χ1v) is 7.12. The van der Waals surface area contributed by atoms with Gasteiger partial charge in [-0.3, -0.25) is 4.79 Å². The predicted octanol–water partition coefficient (Wildman–Crippen LogP) is 1.53. The van der Waals surface area contributed by atoms with Crippen LogP contribution in [0.1, 0.15) is 30.7 Å². The van der Waals surface area contributed by atoms with Gasteiger partial charge in [-0.05, 0) is 12.5 Å². The van der Waals surface area contributed by atoms with E-state index in [0.717, 1.165) is 17.7 Å². The second kappa shape index (κ2) is 5.65. The summed E-state index contributed by atoms with van der Waals surface area (Å²) in [5.41, 5.74) is 7.52. The Bertz CT molecular complexity index is 635. The van der Waals surface area contributed by atoms with Crippen molar-refractivity contribution in [1.29, 1.82) is 0 Å². The highest BCUT2D eigenvalue weighted by Gasteiger charge is 2.33. The van der Waals surface area contributed by atoms with Crippen LogP contribution in [0.3, 0.4) is 0 Å². The maximum atomic E-state index is 11.8. The number of likely N-dealkylation sites (N-methyl/N-ethyl adjacent to an activating group) is 1. The van der Waals surface area contributed by atoms with Crippen LogP contribution in [0.25, 0.3) is 11.4 Å². The maximum absolute atomic E-state index is 11.8. The molecule has 1 saturated heterocycles. The van der Waals surface area contributed by atoms with Crippen molar-refractivity contribution in [2.75, 3.05) is 13.1 Å².